The van der Waals surface area contributed by atoms with Crippen molar-refractivity contribution in [1.29, 1.82) is 0 Å². The van der Waals surface area contributed by atoms with Crippen molar-refractivity contribution in [2.45, 2.75) is 31.7 Å². The highest BCUT2D eigenvalue weighted by Gasteiger charge is 2.51. The molecule has 0 heterocycles. The molecular weight excluding hydrogens is 98.1 g/mol. The molecular formula is C7H14N+. The van der Waals surface area contributed by atoms with Gasteiger partial charge in [-0.3, -0.25) is 0 Å². The zero-order valence-corrected chi connectivity index (χ0v) is 5.27. The van der Waals surface area contributed by atoms with E-state index in [1.165, 1.54) is 25.7 Å². The van der Waals surface area contributed by atoms with E-state index >= 15 is 0 Å². The minimum Gasteiger partial charge on any atom is -0.355 e. The Hall–Kier alpha value is -0.0400. The number of quaternary nitrogens is 1. The summed E-state index contributed by atoms with van der Waals surface area (Å²) in [5, 5.41) is 0. The highest BCUT2D eigenvalue weighted by Crippen LogP contribution is 2.46. The molecule has 8 heavy (non-hydrogen) atoms. The Morgan fingerprint density at radius 3 is 1.88 bits per heavy atom. The first-order valence-corrected chi connectivity index (χ1v) is 3.72. The van der Waals surface area contributed by atoms with Gasteiger partial charge < -0.3 is 5.73 Å². The predicted octanol–water partition coefficient (Wildman–Crippen LogP) is 0.417. The Morgan fingerprint density at radius 2 is 1.50 bits per heavy atom. The van der Waals surface area contributed by atoms with Gasteiger partial charge in [0.15, 0.2) is 0 Å². The lowest BCUT2D eigenvalue weighted by molar-refractivity contribution is -0.393. The van der Waals surface area contributed by atoms with Gasteiger partial charge in [-0.25, -0.2) is 0 Å². The fourth-order valence-corrected chi connectivity index (χ4v) is 2.14. The maximum Gasteiger partial charge on any atom is 0.0910 e. The lowest BCUT2D eigenvalue weighted by Crippen LogP contribution is -2.54. The van der Waals surface area contributed by atoms with Gasteiger partial charge in [-0.15, -0.1) is 0 Å². The molecule has 1 nitrogen and oxygen atoms in total. The van der Waals surface area contributed by atoms with E-state index in [0.29, 0.717) is 0 Å². The Kier molecular flexibility index (Phi) is 0.884. The van der Waals surface area contributed by atoms with E-state index in [1.54, 1.807) is 0 Å². The molecule has 1 unspecified atom stereocenters. The third-order valence-electron chi connectivity index (χ3n) is 2.83. The number of hydrogen-bond acceptors (Lipinski definition) is 0. The molecule has 2 fully saturated rings. The Labute approximate surface area is 50.3 Å². The molecule has 0 aromatic rings. The molecule has 0 amide bonds. The van der Waals surface area contributed by atoms with Crippen molar-refractivity contribution in [3.63, 3.8) is 0 Å². The van der Waals surface area contributed by atoms with Gasteiger partial charge >= 0.3 is 0 Å². The van der Waals surface area contributed by atoms with Gasteiger partial charge in [-0.2, -0.15) is 0 Å². The van der Waals surface area contributed by atoms with E-state index in [0.717, 1.165) is 17.9 Å². The number of rotatable bonds is 0. The van der Waals surface area contributed by atoms with Gasteiger partial charge in [0, 0.05) is 11.8 Å². The van der Waals surface area contributed by atoms with Crippen LogP contribution < -0.4 is 5.73 Å². The van der Waals surface area contributed by atoms with E-state index in [9.17, 15) is 0 Å². The van der Waals surface area contributed by atoms with Crippen LogP contribution in [0.15, 0.2) is 0 Å². The minimum absolute atomic E-state index is 0.859. The summed E-state index contributed by atoms with van der Waals surface area (Å²) in [6, 6.07) is 0.859. The van der Waals surface area contributed by atoms with Crippen LogP contribution in [0.1, 0.15) is 25.7 Å². The van der Waals surface area contributed by atoms with Crippen LogP contribution in [0.2, 0.25) is 0 Å². The smallest absolute Gasteiger partial charge is 0.0910 e. The molecule has 3 atom stereocenters. The molecule has 0 aromatic heterocycles. The zero-order chi connectivity index (χ0) is 5.56. The molecule has 2 saturated carbocycles. The SMILES string of the molecule is [NH3+]C1[C@H]2CCCC[C@@H]12. The second kappa shape index (κ2) is 1.47. The van der Waals surface area contributed by atoms with Crippen molar-refractivity contribution in [1.82, 2.24) is 0 Å². The van der Waals surface area contributed by atoms with Gasteiger partial charge in [0.25, 0.3) is 0 Å². The van der Waals surface area contributed by atoms with Crippen LogP contribution in [0, 0.1) is 11.8 Å². The van der Waals surface area contributed by atoms with Gasteiger partial charge in [-0.1, -0.05) is 12.8 Å². The van der Waals surface area contributed by atoms with Crippen molar-refractivity contribution in [2.75, 3.05) is 0 Å². The van der Waals surface area contributed by atoms with E-state index in [4.69, 9.17) is 0 Å². The van der Waals surface area contributed by atoms with Crippen LogP contribution in [-0.4, -0.2) is 6.04 Å². The first-order valence-electron chi connectivity index (χ1n) is 3.72. The van der Waals surface area contributed by atoms with Crippen LogP contribution in [0.25, 0.3) is 0 Å². The number of hydrogen-bond donors (Lipinski definition) is 1. The van der Waals surface area contributed by atoms with Gasteiger partial charge in [0.05, 0.1) is 6.04 Å². The Balaban J connectivity index is 1.97. The van der Waals surface area contributed by atoms with Gasteiger partial charge in [0.2, 0.25) is 0 Å². The highest BCUT2D eigenvalue weighted by atomic mass is 14.8. The van der Waals surface area contributed by atoms with Crippen LogP contribution >= 0.6 is 0 Å². The molecule has 3 N–H and O–H groups in total. The second-order valence-electron chi connectivity index (χ2n) is 3.28. The summed E-state index contributed by atoms with van der Waals surface area (Å²) < 4.78 is 0. The molecule has 0 aliphatic heterocycles. The summed E-state index contributed by atoms with van der Waals surface area (Å²) in [6.07, 6.45) is 5.93. The third kappa shape index (κ3) is 0.510. The van der Waals surface area contributed by atoms with Crippen molar-refractivity contribution in [2.24, 2.45) is 11.8 Å². The molecule has 2 aliphatic carbocycles. The maximum absolute atomic E-state index is 4.09. The van der Waals surface area contributed by atoms with E-state index in [-0.39, 0.29) is 0 Å². The average Bonchev–Trinajstić information content (AvgIpc) is 2.46. The first kappa shape index (κ1) is 4.80. The normalized spacial score (nSPS) is 52.9. The van der Waals surface area contributed by atoms with Crippen LogP contribution in [0.4, 0.5) is 0 Å². The van der Waals surface area contributed by atoms with Crippen molar-refractivity contribution in [3.8, 4) is 0 Å². The van der Waals surface area contributed by atoms with Crippen LogP contribution in [0.3, 0.4) is 0 Å². The monoisotopic (exact) mass is 112 g/mol. The Morgan fingerprint density at radius 1 is 1.00 bits per heavy atom. The summed E-state index contributed by atoms with van der Waals surface area (Å²) in [4.78, 5) is 0. The highest BCUT2D eigenvalue weighted by molar-refractivity contribution is 4.98. The van der Waals surface area contributed by atoms with Crippen molar-refractivity contribution in [3.05, 3.63) is 0 Å². The Bertz CT molecular complexity index is 88.6. The van der Waals surface area contributed by atoms with Gasteiger partial charge in [-0.05, 0) is 12.8 Å². The summed E-state index contributed by atoms with van der Waals surface area (Å²) in [5.74, 6) is 2.12. The summed E-state index contributed by atoms with van der Waals surface area (Å²) in [6.45, 7) is 0. The summed E-state index contributed by atoms with van der Waals surface area (Å²) in [7, 11) is 0. The fourth-order valence-electron chi connectivity index (χ4n) is 2.14. The molecule has 0 aromatic carbocycles. The average molecular weight is 112 g/mol. The van der Waals surface area contributed by atoms with E-state index < -0.39 is 0 Å². The topological polar surface area (TPSA) is 27.6 Å². The lowest BCUT2D eigenvalue weighted by atomic mass is 10.0. The first-order chi connectivity index (χ1) is 3.89. The molecule has 0 radical (unpaired) electrons. The van der Waals surface area contributed by atoms with Crippen molar-refractivity contribution < 1.29 is 5.73 Å². The lowest BCUT2D eigenvalue weighted by Gasteiger charge is -2.03. The summed E-state index contributed by atoms with van der Waals surface area (Å²) >= 11 is 0. The van der Waals surface area contributed by atoms with Crippen LogP contribution in [-0.2, 0) is 0 Å². The quantitative estimate of drug-likeness (QED) is 0.470. The zero-order valence-electron chi connectivity index (χ0n) is 5.27. The molecule has 0 saturated heterocycles. The largest absolute Gasteiger partial charge is 0.355 e. The molecule has 2 rings (SSSR count). The second-order valence-corrected chi connectivity index (χ2v) is 3.28. The maximum atomic E-state index is 4.09. The van der Waals surface area contributed by atoms with E-state index in [2.05, 4.69) is 5.73 Å². The molecule has 46 valence electrons. The van der Waals surface area contributed by atoms with E-state index in [1.807, 2.05) is 0 Å². The standard InChI is InChI=1S/C7H13N/c8-7-5-3-1-2-4-6(5)7/h5-7H,1-4,8H2/p+1/t5-,6+,7?. The molecule has 0 spiro atoms. The third-order valence-corrected chi connectivity index (χ3v) is 2.83. The van der Waals surface area contributed by atoms with Crippen molar-refractivity contribution >= 4 is 0 Å². The number of fused-ring (bicyclic) bond motifs is 1. The molecule has 1 heteroatoms. The fraction of sp³-hybridized carbons (Fsp3) is 1.00. The van der Waals surface area contributed by atoms with Crippen LogP contribution in [0.5, 0.6) is 0 Å². The van der Waals surface area contributed by atoms with Gasteiger partial charge in [0.1, 0.15) is 0 Å². The molecule has 0 bridgehead atoms. The molecule has 2 aliphatic rings. The summed E-state index contributed by atoms with van der Waals surface area (Å²) in [5.41, 5.74) is 4.09. The minimum atomic E-state index is 0.859. The predicted molar refractivity (Wildman–Crippen MR) is 32.1 cm³/mol.